The maximum Gasteiger partial charge on any atom is 0.263 e. The van der Waals surface area contributed by atoms with Gasteiger partial charge in [0.2, 0.25) is 0 Å². The van der Waals surface area contributed by atoms with Crippen LogP contribution in [0, 0.1) is 6.92 Å². The molecule has 3 nitrogen and oxygen atoms in total. The normalized spacial score (nSPS) is 12.1. The van der Waals surface area contributed by atoms with E-state index in [9.17, 15) is 4.79 Å². The van der Waals surface area contributed by atoms with Crippen molar-refractivity contribution in [1.82, 2.24) is 4.90 Å². The summed E-state index contributed by atoms with van der Waals surface area (Å²) in [6.07, 6.45) is -0.460. The highest BCUT2D eigenvalue weighted by Gasteiger charge is 2.20. The Morgan fingerprint density at radius 3 is 2.56 bits per heavy atom. The van der Waals surface area contributed by atoms with E-state index in [0.29, 0.717) is 13.1 Å². The van der Waals surface area contributed by atoms with Crippen LogP contribution in [-0.4, -0.2) is 30.0 Å². The van der Waals surface area contributed by atoms with Crippen LogP contribution in [0.25, 0.3) is 0 Å². The van der Waals surface area contributed by atoms with Gasteiger partial charge in [-0.25, -0.2) is 0 Å². The molecule has 1 aromatic rings. The summed E-state index contributed by atoms with van der Waals surface area (Å²) in [4.78, 5) is 13.9. The number of carbonyl (C=O) groups is 1. The van der Waals surface area contributed by atoms with Crippen LogP contribution < -0.4 is 4.74 Å². The minimum Gasteiger partial charge on any atom is -0.481 e. The molecule has 1 unspecified atom stereocenters. The summed E-state index contributed by atoms with van der Waals surface area (Å²) in [5.41, 5.74) is 1.03. The van der Waals surface area contributed by atoms with Crippen molar-refractivity contribution in [2.45, 2.75) is 33.8 Å². The molecule has 0 heterocycles. The van der Waals surface area contributed by atoms with E-state index in [0.717, 1.165) is 15.8 Å². The average Bonchev–Trinajstić information content (AvgIpc) is 2.35. The SMILES string of the molecule is CCN(CC)C(=O)C(C)Oc1cc(Br)ccc1C. The summed E-state index contributed by atoms with van der Waals surface area (Å²) < 4.78 is 6.70. The Kier molecular flexibility index (Phi) is 5.66. The zero-order chi connectivity index (χ0) is 13.7. The van der Waals surface area contributed by atoms with Crippen LogP contribution in [-0.2, 0) is 4.79 Å². The predicted molar refractivity (Wildman–Crippen MR) is 76.9 cm³/mol. The monoisotopic (exact) mass is 313 g/mol. The van der Waals surface area contributed by atoms with Gasteiger partial charge in [0.05, 0.1) is 0 Å². The van der Waals surface area contributed by atoms with Crippen LogP contribution in [0.5, 0.6) is 5.75 Å². The zero-order valence-corrected chi connectivity index (χ0v) is 13.0. The number of hydrogen-bond acceptors (Lipinski definition) is 2. The number of ether oxygens (including phenoxy) is 1. The number of benzene rings is 1. The molecule has 0 spiro atoms. The van der Waals surface area contributed by atoms with Crippen molar-refractivity contribution in [2.75, 3.05) is 13.1 Å². The molecule has 0 radical (unpaired) electrons. The second kappa shape index (κ2) is 6.78. The molecule has 0 bridgehead atoms. The van der Waals surface area contributed by atoms with Gasteiger partial charge < -0.3 is 9.64 Å². The number of amides is 1. The Morgan fingerprint density at radius 1 is 1.39 bits per heavy atom. The first-order chi connectivity index (χ1) is 8.49. The summed E-state index contributed by atoms with van der Waals surface area (Å²) in [5.74, 6) is 0.775. The minimum atomic E-state index is -0.460. The van der Waals surface area contributed by atoms with Crippen molar-refractivity contribution in [3.05, 3.63) is 28.2 Å². The van der Waals surface area contributed by atoms with Gasteiger partial charge in [0.25, 0.3) is 5.91 Å². The van der Waals surface area contributed by atoms with Crippen molar-refractivity contribution in [2.24, 2.45) is 0 Å². The Hall–Kier alpha value is -1.03. The summed E-state index contributed by atoms with van der Waals surface area (Å²) in [6, 6.07) is 5.81. The molecule has 0 aliphatic carbocycles. The fourth-order valence-corrected chi connectivity index (χ4v) is 2.07. The third-order valence-corrected chi connectivity index (χ3v) is 3.37. The predicted octanol–water partition coefficient (Wildman–Crippen LogP) is 3.39. The van der Waals surface area contributed by atoms with Crippen LogP contribution in [0.3, 0.4) is 0 Å². The molecule has 1 aromatic carbocycles. The second-order valence-electron chi connectivity index (χ2n) is 4.18. The molecule has 0 saturated heterocycles. The molecule has 1 atom stereocenters. The van der Waals surface area contributed by atoms with Crippen LogP contribution in [0.2, 0.25) is 0 Å². The maximum atomic E-state index is 12.1. The smallest absolute Gasteiger partial charge is 0.263 e. The van der Waals surface area contributed by atoms with Crippen molar-refractivity contribution in [1.29, 1.82) is 0 Å². The van der Waals surface area contributed by atoms with Crippen molar-refractivity contribution in [3.8, 4) is 5.75 Å². The first-order valence-electron chi connectivity index (χ1n) is 6.21. The Balaban J connectivity index is 2.77. The van der Waals surface area contributed by atoms with E-state index in [4.69, 9.17) is 4.74 Å². The van der Waals surface area contributed by atoms with Crippen LogP contribution in [0.15, 0.2) is 22.7 Å². The lowest BCUT2D eigenvalue weighted by molar-refractivity contribution is -0.137. The Morgan fingerprint density at radius 2 is 2.00 bits per heavy atom. The lowest BCUT2D eigenvalue weighted by Crippen LogP contribution is -2.40. The largest absolute Gasteiger partial charge is 0.481 e. The van der Waals surface area contributed by atoms with Crippen LogP contribution >= 0.6 is 15.9 Å². The van der Waals surface area contributed by atoms with Crippen molar-refractivity contribution >= 4 is 21.8 Å². The van der Waals surface area contributed by atoms with Gasteiger partial charge in [-0.1, -0.05) is 22.0 Å². The molecular weight excluding hydrogens is 294 g/mol. The van der Waals surface area contributed by atoms with E-state index in [2.05, 4.69) is 15.9 Å². The van der Waals surface area contributed by atoms with Crippen molar-refractivity contribution < 1.29 is 9.53 Å². The van der Waals surface area contributed by atoms with E-state index in [-0.39, 0.29) is 5.91 Å². The second-order valence-corrected chi connectivity index (χ2v) is 5.10. The molecule has 100 valence electrons. The highest BCUT2D eigenvalue weighted by Crippen LogP contribution is 2.24. The quantitative estimate of drug-likeness (QED) is 0.834. The first-order valence-corrected chi connectivity index (χ1v) is 7.00. The summed E-state index contributed by atoms with van der Waals surface area (Å²) in [7, 11) is 0. The Labute approximate surface area is 117 Å². The van der Waals surface area contributed by atoms with Gasteiger partial charge >= 0.3 is 0 Å². The molecule has 0 aliphatic rings. The molecular formula is C14H20BrNO2. The summed E-state index contributed by atoms with van der Waals surface area (Å²) in [5, 5.41) is 0. The molecule has 0 fully saturated rings. The van der Waals surface area contributed by atoms with Gasteiger partial charge in [0, 0.05) is 17.6 Å². The van der Waals surface area contributed by atoms with Crippen LogP contribution in [0.1, 0.15) is 26.3 Å². The third-order valence-electron chi connectivity index (χ3n) is 2.88. The minimum absolute atomic E-state index is 0.0272. The number of carbonyl (C=O) groups excluding carboxylic acids is 1. The number of rotatable bonds is 5. The Bertz CT molecular complexity index is 416. The van der Waals surface area contributed by atoms with Gasteiger partial charge in [-0.2, -0.15) is 0 Å². The molecule has 0 aromatic heterocycles. The number of nitrogens with zero attached hydrogens (tertiary/aromatic N) is 1. The van der Waals surface area contributed by atoms with E-state index < -0.39 is 6.10 Å². The molecule has 0 aliphatic heterocycles. The summed E-state index contributed by atoms with van der Waals surface area (Å²) >= 11 is 3.40. The maximum absolute atomic E-state index is 12.1. The van der Waals surface area contributed by atoms with Gasteiger partial charge in [-0.15, -0.1) is 0 Å². The molecule has 1 rings (SSSR count). The number of hydrogen-bond donors (Lipinski definition) is 0. The zero-order valence-electron chi connectivity index (χ0n) is 11.4. The highest BCUT2D eigenvalue weighted by molar-refractivity contribution is 9.10. The lowest BCUT2D eigenvalue weighted by Gasteiger charge is -2.24. The number of halogens is 1. The fraction of sp³-hybridized carbons (Fsp3) is 0.500. The lowest BCUT2D eigenvalue weighted by atomic mass is 10.2. The van der Waals surface area contributed by atoms with Gasteiger partial charge in [0.1, 0.15) is 5.75 Å². The number of aryl methyl sites for hydroxylation is 1. The van der Waals surface area contributed by atoms with E-state index in [1.807, 2.05) is 39.0 Å². The van der Waals surface area contributed by atoms with Crippen LogP contribution in [0.4, 0.5) is 0 Å². The fourth-order valence-electron chi connectivity index (χ4n) is 1.73. The molecule has 0 saturated carbocycles. The third kappa shape index (κ3) is 3.73. The van der Waals surface area contributed by atoms with Crippen molar-refractivity contribution in [3.63, 3.8) is 0 Å². The first kappa shape index (κ1) is 15.0. The van der Waals surface area contributed by atoms with E-state index >= 15 is 0 Å². The topological polar surface area (TPSA) is 29.5 Å². The van der Waals surface area contributed by atoms with Gasteiger partial charge in [-0.3, -0.25) is 4.79 Å². The molecule has 4 heteroatoms. The standard InChI is InChI=1S/C14H20BrNO2/c1-5-16(6-2)14(17)11(4)18-13-9-12(15)8-7-10(13)3/h7-9,11H,5-6H2,1-4H3. The summed E-state index contributed by atoms with van der Waals surface area (Å²) in [6.45, 7) is 9.12. The molecule has 0 N–H and O–H groups in total. The highest BCUT2D eigenvalue weighted by atomic mass is 79.9. The average molecular weight is 314 g/mol. The molecule has 18 heavy (non-hydrogen) atoms. The molecule has 1 amide bonds. The number of likely N-dealkylation sites (N-methyl/N-ethyl adjacent to an activating group) is 1. The van der Waals surface area contributed by atoms with Gasteiger partial charge in [0.15, 0.2) is 6.10 Å². The van der Waals surface area contributed by atoms with Gasteiger partial charge in [-0.05, 0) is 45.4 Å². The van der Waals surface area contributed by atoms with E-state index in [1.165, 1.54) is 0 Å². The van der Waals surface area contributed by atoms with E-state index in [1.54, 1.807) is 11.8 Å².